The van der Waals surface area contributed by atoms with Crippen LogP contribution in [0.2, 0.25) is 0 Å². The first-order valence-corrected chi connectivity index (χ1v) is 9.07. The van der Waals surface area contributed by atoms with Gasteiger partial charge in [0.15, 0.2) is 6.61 Å². The van der Waals surface area contributed by atoms with Gasteiger partial charge in [-0.1, -0.05) is 0 Å². The summed E-state index contributed by atoms with van der Waals surface area (Å²) in [5, 5.41) is 2.72. The minimum atomic E-state index is -3.59. The topological polar surface area (TPSA) is 93.7 Å². The third-order valence-electron chi connectivity index (χ3n) is 2.77. The van der Waals surface area contributed by atoms with Crippen LogP contribution in [0.15, 0.2) is 29.2 Å². The van der Waals surface area contributed by atoms with E-state index in [2.05, 4.69) is 10.0 Å². The van der Waals surface area contributed by atoms with E-state index in [-0.39, 0.29) is 23.5 Å². The fourth-order valence-electron chi connectivity index (χ4n) is 1.93. The molecule has 1 aromatic carbocycles. The molecule has 0 heterocycles. The monoisotopic (exact) mass is 358 g/mol. The Labute approximate surface area is 143 Å². The van der Waals surface area contributed by atoms with Crippen LogP contribution in [0.1, 0.15) is 27.7 Å². The summed E-state index contributed by atoms with van der Waals surface area (Å²) in [6.45, 7) is 7.39. The van der Waals surface area contributed by atoms with Crippen LogP contribution in [0.3, 0.4) is 0 Å². The van der Waals surface area contributed by atoms with Crippen LogP contribution in [-0.2, 0) is 19.6 Å². The molecule has 0 saturated carbocycles. The molecule has 0 bridgehead atoms. The molecule has 1 rings (SSSR count). The Morgan fingerprint density at radius 3 is 2.29 bits per heavy atom. The smallest absolute Gasteiger partial charge is 0.258 e. The summed E-state index contributed by atoms with van der Waals surface area (Å²) in [7, 11) is -2.03. The summed E-state index contributed by atoms with van der Waals surface area (Å²) in [6.07, 6.45) is 0. The van der Waals surface area contributed by atoms with E-state index >= 15 is 0 Å². The molecule has 24 heavy (non-hydrogen) atoms. The highest BCUT2D eigenvalue weighted by molar-refractivity contribution is 7.89. The second-order valence-electron chi connectivity index (χ2n) is 6.54. The molecule has 2 N–H and O–H groups in total. The van der Waals surface area contributed by atoms with Crippen LogP contribution < -0.4 is 14.8 Å². The lowest BCUT2D eigenvalue weighted by Crippen LogP contribution is -2.40. The van der Waals surface area contributed by atoms with Crippen molar-refractivity contribution < 1.29 is 22.7 Å². The average Bonchev–Trinajstić information content (AvgIpc) is 2.43. The van der Waals surface area contributed by atoms with E-state index in [0.717, 1.165) is 0 Å². The van der Waals surface area contributed by atoms with Gasteiger partial charge < -0.3 is 14.8 Å². The van der Waals surface area contributed by atoms with E-state index in [1.807, 2.05) is 6.92 Å². The van der Waals surface area contributed by atoms with Crippen molar-refractivity contribution >= 4 is 15.9 Å². The third-order valence-corrected chi connectivity index (χ3v) is 4.54. The third kappa shape index (κ3) is 7.29. The number of nitrogens with one attached hydrogen (secondary N) is 2. The van der Waals surface area contributed by atoms with Crippen molar-refractivity contribution in [1.82, 2.24) is 10.0 Å². The average molecular weight is 358 g/mol. The maximum atomic E-state index is 12.2. The molecule has 0 spiro atoms. The summed E-state index contributed by atoms with van der Waals surface area (Å²) in [4.78, 5) is 11.8. The quantitative estimate of drug-likeness (QED) is 0.730. The minimum Gasteiger partial charge on any atom is -0.484 e. The highest BCUT2D eigenvalue weighted by Gasteiger charge is 2.21. The lowest BCUT2D eigenvalue weighted by molar-refractivity contribution is -0.124. The molecule has 0 saturated heterocycles. The van der Waals surface area contributed by atoms with Crippen LogP contribution in [0.25, 0.3) is 0 Å². The summed E-state index contributed by atoms with van der Waals surface area (Å²) >= 11 is 0. The number of methoxy groups -OCH3 is 1. The van der Waals surface area contributed by atoms with Gasteiger partial charge in [0.05, 0.1) is 11.5 Å². The maximum Gasteiger partial charge on any atom is 0.258 e. The predicted octanol–water partition coefficient (Wildman–Crippen LogP) is 1.29. The Morgan fingerprint density at radius 1 is 1.21 bits per heavy atom. The molecule has 7 nitrogen and oxygen atoms in total. The molecule has 1 aromatic rings. The van der Waals surface area contributed by atoms with E-state index in [9.17, 15) is 13.2 Å². The Hall–Kier alpha value is -1.64. The molecule has 0 unspecified atom stereocenters. The molecule has 1 atom stereocenters. The molecule has 1 amide bonds. The number of hydrogen-bond donors (Lipinski definition) is 2. The summed E-state index contributed by atoms with van der Waals surface area (Å²) < 4.78 is 37.2. The number of rotatable bonds is 8. The first kappa shape index (κ1) is 20.4. The zero-order chi connectivity index (χ0) is 18.4. The van der Waals surface area contributed by atoms with Gasteiger partial charge in [-0.3, -0.25) is 4.79 Å². The lowest BCUT2D eigenvalue weighted by Gasteiger charge is -2.20. The van der Waals surface area contributed by atoms with Crippen molar-refractivity contribution in [3.63, 3.8) is 0 Å². The standard InChI is InChI=1S/C16H26N2O5S/c1-12(10-22-5)17-15(19)11-23-13-6-8-14(9-7-13)24(20,21)18-16(2,3)4/h6-9,12,18H,10-11H2,1-5H3,(H,17,19)/t12-/m1/s1. The van der Waals surface area contributed by atoms with Gasteiger partial charge in [0.25, 0.3) is 5.91 Å². The number of amides is 1. The Kier molecular flexibility index (Phi) is 7.19. The Morgan fingerprint density at radius 2 is 1.79 bits per heavy atom. The maximum absolute atomic E-state index is 12.2. The van der Waals surface area contributed by atoms with Gasteiger partial charge in [-0.2, -0.15) is 0 Å². The number of sulfonamides is 1. The molecule has 0 fully saturated rings. The zero-order valence-electron chi connectivity index (χ0n) is 14.8. The van der Waals surface area contributed by atoms with Crippen LogP contribution in [-0.4, -0.2) is 46.2 Å². The van der Waals surface area contributed by atoms with Crippen molar-refractivity contribution in [2.75, 3.05) is 20.3 Å². The van der Waals surface area contributed by atoms with Crippen LogP contribution in [0.4, 0.5) is 0 Å². The first-order valence-electron chi connectivity index (χ1n) is 7.58. The van der Waals surface area contributed by atoms with E-state index in [1.54, 1.807) is 27.9 Å². The predicted molar refractivity (Wildman–Crippen MR) is 91.5 cm³/mol. The minimum absolute atomic E-state index is 0.109. The Bertz CT molecular complexity index is 635. The van der Waals surface area contributed by atoms with E-state index in [0.29, 0.717) is 12.4 Å². The van der Waals surface area contributed by atoms with Crippen molar-refractivity contribution in [2.45, 2.75) is 44.2 Å². The molecule has 0 aliphatic heterocycles. The first-order chi connectivity index (χ1) is 11.0. The number of carbonyl (C=O) groups excluding carboxylic acids is 1. The van der Waals surface area contributed by atoms with Crippen LogP contribution >= 0.6 is 0 Å². The van der Waals surface area contributed by atoms with Gasteiger partial charge in [0.2, 0.25) is 10.0 Å². The van der Waals surface area contributed by atoms with Crippen molar-refractivity contribution in [2.24, 2.45) is 0 Å². The lowest BCUT2D eigenvalue weighted by atomic mass is 10.1. The fourth-order valence-corrected chi connectivity index (χ4v) is 3.35. The molecule has 0 aliphatic carbocycles. The molecule has 0 aliphatic rings. The molecule has 0 radical (unpaired) electrons. The number of hydrogen-bond acceptors (Lipinski definition) is 5. The van der Waals surface area contributed by atoms with Gasteiger partial charge in [-0.15, -0.1) is 0 Å². The van der Waals surface area contributed by atoms with Crippen molar-refractivity contribution in [1.29, 1.82) is 0 Å². The molecule has 136 valence electrons. The number of carbonyl (C=O) groups is 1. The molecule has 0 aromatic heterocycles. The second-order valence-corrected chi connectivity index (χ2v) is 8.22. The second kappa shape index (κ2) is 8.46. The largest absolute Gasteiger partial charge is 0.484 e. The molecular weight excluding hydrogens is 332 g/mol. The highest BCUT2D eigenvalue weighted by Crippen LogP contribution is 2.17. The number of benzene rings is 1. The normalized spacial score (nSPS) is 13.4. The molecule has 8 heteroatoms. The fraction of sp³-hybridized carbons (Fsp3) is 0.562. The Balaban J connectivity index is 2.61. The van der Waals surface area contributed by atoms with Gasteiger partial charge in [-0.05, 0) is 52.0 Å². The van der Waals surface area contributed by atoms with Gasteiger partial charge in [-0.25, -0.2) is 13.1 Å². The van der Waals surface area contributed by atoms with Gasteiger partial charge >= 0.3 is 0 Å². The summed E-state index contributed by atoms with van der Waals surface area (Å²) in [6, 6.07) is 5.80. The van der Waals surface area contributed by atoms with Crippen molar-refractivity contribution in [3.05, 3.63) is 24.3 Å². The van der Waals surface area contributed by atoms with E-state index < -0.39 is 15.6 Å². The van der Waals surface area contributed by atoms with Crippen LogP contribution in [0.5, 0.6) is 5.75 Å². The highest BCUT2D eigenvalue weighted by atomic mass is 32.2. The number of ether oxygens (including phenoxy) is 2. The van der Waals surface area contributed by atoms with E-state index in [1.165, 1.54) is 24.3 Å². The zero-order valence-corrected chi connectivity index (χ0v) is 15.6. The van der Waals surface area contributed by atoms with E-state index in [4.69, 9.17) is 9.47 Å². The van der Waals surface area contributed by atoms with Gasteiger partial charge in [0, 0.05) is 18.7 Å². The van der Waals surface area contributed by atoms with Crippen LogP contribution in [0, 0.1) is 0 Å². The van der Waals surface area contributed by atoms with Gasteiger partial charge in [0.1, 0.15) is 5.75 Å². The summed E-state index contributed by atoms with van der Waals surface area (Å²) in [5.74, 6) is 0.143. The van der Waals surface area contributed by atoms with Crippen molar-refractivity contribution in [3.8, 4) is 5.75 Å². The SMILES string of the molecule is COC[C@@H](C)NC(=O)COc1ccc(S(=O)(=O)NC(C)(C)C)cc1. The molecular formula is C16H26N2O5S. The summed E-state index contributed by atoms with van der Waals surface area (Å²) in [5.41, 5.74) is -0.564.